The number of nitrogens with two attached hydrogens (primary N) is 1. The van der Waals surface area contributed by atoms with Gasteiger partial charge in [-0.05, 0) is 34.5 Å². The number of H-pyrrole nitrogens is 1. The first-order valence-electron chi connectivity index (χ1n) is 9.94. The number of nitriles is 1. The van der Waals surface area contributed by atoms with Crippen LogP contribution in [-0.2, 0) is 4.74 Å². The molecule has 1 aromatic heterocycles. The molecule has 0 amide bonds. The number of allylic oxidation sites excluding steroid dienone is 1. The molecule has 156 valence electrons. The van der Waals surface area contributed by atoms with E-state index in [4.69, 9.17) is 15.2 Å². The minimum absolute atomic E-state index is 0.0126. The van der Waals surface area contributed by atoms with Gasteiger partial charge in [0.2, 0.25) is 11.8 Å². The standard InChI is InChI=1S/C25H18N4O3/c1-31-25(30)16-9-7-15(8-10-16)20-19(13-26)23(27)32-24-21(20)22(28-29-24)18-11-6-14-4-2-3-5-17(14)12-18/h2-12,20H,27H2,1H3,(H,28,29)/t20-/m0/s1. The van der Waals surface area contributed by atoms with E-state index in [0.717, 1.165) is 33.2 Å². The van der Waals surface area contributed by atoms with Crippen LogP contribution in [0.15, 0.2) is 78.2 Å². The number of aromatic amines is 1. The minimum atomic E-state index is -0.504. The van der Waals surface area contributed by atoms with Crippen molar-refractivity contribution in [2.24, 2.45) is 5.73 Å². The first kappa shape index (κ1) is 19.4. The zero-order valence-corrected chi connectivity index (χ0v) is 17.1. The van der Waals surface area contributed by atoms with Crippen molar-refractivity contribution in [3.63, 3.8) is 0 Å². The molecule has 2 heterocycles. The molecule has 0 spiro atoms. The summed E-state index contributed by atoms with van der Waals surface area (Å²) in [4.78, 5) is 11.8. The van der Waals surface area contributed by atoms with Gasteiger partial charge < -0.3 is 15.2 Å². The third-order valence-electron chi connectivity index (χ3n) is 5.64. The van der Waals surface area contributed by atoms with Crippen molar-refractivity contribution in [2.45, 2.75) is 5.92 Å². The van der Waals surface area contributed by atoms with Gasteiger partial charge in [-0.1, -0.05) is 48.5 Å². The number of hydrogen-bond donors (Lipinski definition) is 2. The maximum Gasteiger partial charge on any atom is 0.337 e. The fourth-order valence-electron chi connectivity index (χ4n) is 4.07. The predicted molar refractivity (Wildman–Crippen MR) is 119 cm³/mol. The van der Waals surface area contributed by atoms with E-state index in [1.165, 1.54) is 7.11 Å². The molecule has 7 heteroatoms. The molecular formula is C25H18N4O3. The second-order valence-corrected chi connectivity index (χ2v) is 7.42. The normalized spacial score (nSPS) is 15.1. The van der Waals surface area contributed by atoms with Crippen LogP contribution in [-0.4, -0.2) is 23.3 Å². The maximum absolute atomic E-state index is 11.8. The van der Waals surface area contributed by atoms with E-state index < -0.39 is 11.9 Å². The molecule has 3 aromatic carbocycles. The van der Waals surface area contributed by atoms with Crippen molar-refractivity contribution in [1.29, 1.82) is 5.26 Å². The molecule has 0 fully saturated rings. The van der Waals surface area contributed by atoms with Gasteiger partial charge >= 0.3 is 5.97 Å². The van der Waals surface area contributed by atoms with Crippen LogP contribution in [0.2, 0.25) is 0 Å². The highest BCUT2D eigenvalue weighted by molar-refractivity contribution is 5.89. The van der Waals surface area contributed by atoms with Gasteiger partial charge in [-0.25, -0.2) is 4.79 Å². The number of esters is 1. The summed E-state index contributed by atoms with van der Waals surface area (Å²) in [5.41, 5.74) is 9.92. The molecule has 0 unspecified atom stereocenters. The first-order chi connectivity index (χ1) is 15.6. The highest BCUT2D eigenvalue weighted by Gasteiger charge is 2.35. The van der Waals surface area contributed by atoms with Crippen LogP contribution >= 0.6 is 0 Å². The molecule has 0 saturated heterocycles. The Labute approximate surface area is 183 Å². The van der Waals surface area contributed by atoms with Crippen molar-refractivity contribution in [3.8, 4) is 23.2 Å². The maximum atomic E-state index is 11.8. The lowest BCUT2D eigenvalue weighted by Crippen LogP contribution is -2.21. The van der Waals surface area contributed by atoms with Crippen LogP contribution < -0.4 is 10.5 Å². The lowest BCUT2D eigenvalue weighted by atomic mass is 9.82. The third kappa shape index (κ3) is 3.06. The summed E-state index contributed by atoms with van der Waals surface area (Å²) in [5.74, 6) is -0.596. The quantitative estimate of drug-likeness (QED) is 0.478. The minimum Gasteiger partial charge on any atom is -0.465 e. The third-order valence-corrected chi connectivity index (χ3v) is 5.64. The van der Waals surface area contributed by atoms with Gasteiger partial charge in [-0.15, -0.1) is 5.10 Å². The number of fused-ring (bicyclic) bond motifs is 2. The Morgan fingerprint density at radius 3 is 2.59 bits per heavy atom. The van der Waals surface area contributed by atoms with Gasteiger partial charge in [-0.3, -0.25) is 5.10 Å². The second kappa shape index (κ2) is 7.60. The zero-order valence-electron chi connectivity index (χ0n) is 17.1. The molecule has 5 rings (SSSR count). The van der Waals surface area contributed by atoms with E-state index in [9.17, 15) is 10.1 Å². The highest BCUT2D eigenvalue weighted by atomic mass is 16.5. The molecule has 1 atom stereocenters. The van der Waals surface area contributed by atoms with Gasteiger partial charge in [0.1, 0.15) is 11.6 Å². The molecule has 32 heavy (non-hydrogen) atoms. The van der Waals surface area contributed by atoms with E-state index in [1.807, 2.05) is 36.4 Å². The van der Waals surface area contributed by atoms with Gasteiger partial charge in [0.25, 0.3) is 0 Å². The number of ether oxygens (including phenoxy) is 2. The molecule has 0 saturated carbocycles. The Bertz CT molecular complexity index is 1430. The molecule has 0 aliphatic carbocycles. The summed E-state index contributed by atoms with van der Waals surface area (Å²) < 4.78 is 10.5. The average Bonchev–Trinajstić information content (AvgIpc) is 3.25. The SMILES string of the molecule is COC(=O)c1ccc([C@H]2C(C#N)=C(N)Oc3n[nH]c(-c4ccc5ccccc5c4)c32)cc1. The number of carbonyl (C=O) groups is 1. The van der Waals surface area contributed by atoms with Crippen molar-refractivity contribution in [1.82, 2.24) is 10.2 Å². The van der Waals surface area contributed by atoms with Crippen LogP contribution in [0, 0.1) is 11.3 Å². The van der Waals surface area contributed by atoms with Gasteiger partial charge in [0.05, 0.1) is 29.8 Å². The van der Waals surface area contributed by atoms with Crippen LogP contribution in [0.25, 0.3) is 22.0 Å². The van der Waals surface area contributed by atoms with Gasteiger partial charge in [-0.2, -0.15) is 5.26 Å². The number of hydrogen-bond acceptors (Lipinski definition) is 6. The fraction of sp³-hybridized carbons (Fsp3) is 0.0800. The molecular weight excluding hydrogens is 404 g/mol. The van der Waals surface area contributed by atoms with E-state index in [0.29, 0.717) is 11.4 Å². The number of methoxy groups -OCH3 is 1. The Morgan fingerprint density at radius 1 is 1.12 bits per heavy atom. The Balaban J connectivity index is 1.67. The molecule has 7 nitrogen and oxygen atoms in total. The first-order valence-corrected chi connectivity index (χ1v) is 9.94. The topological polar surface area (TPSA) is 114 Å². The van der Waals surface area contributed by atoms with Gasteiger partial charge in [0.15, 0.2) is 0 Å². The van der Waals surface area contributed by atoms with E-state index in [-0.39, 0.29) is 11.5 Å². The summed E-state index contributed by atoms with van der Waals surface area (Å²) in [6.45, 7) is 0. The van der Waals surface area contributed by atoms with Crippen LogP contribution in [0.5, 0.6) is 5.88 Å². The highest BCUT2D eigenvalue weighted by Crippen LogP contribution is 2.45. The summed E-state index contributed by atoms with van der Waals surface area (Å²) in [6.07, 6.45) is 0. The monoisotopic (exact) mass is 422 g/mol. The Hall–Kier alpha value is -4.57. The number of nitrogens with one attached hydrogen (secondary N) is 1. The summed E-state index contributed by atoms with van der Waals surface area (Å²) in [6, 6.07) is 23.3. The number of nitrogens with zero attached hydrogens (tertiary/aromatic N) is 2. The van der Waals surface area contributed by atoms with Crippen LogP contribution in [0.4, 0.5) is 0 Å². The molecule has 0 radical (unpaired) electrons. The Morgan fingerprint density at radius 2 is 1.88 bits per heavy atom. The number of rotatable bonds is 3. The van der Waals surface area contributed by atoms with E-state index in [1.54, 1.807) is 24.3 Å². The van der Waals surface area contributed by atoms with E-state index in [2.05, 4.69) is 22.3 Å². The molecule has 1 aliphatic rings. The van der Waals surface area contributed by atoms with Crippen molar-refractivity contribution in [3.05, 3.63) is 94.9 Å². The van der Waals surface area contributed by atoms with Crippen molar-refractivity contribution in [2.75, 3.05) is 7.11 Å². The number of benzene rings is 3. The predicted octanol–water partition coefficient (Wildman–Crippen LogP) is 4.23. The average molecular weight is 422 g/mol. The van der Waals surface area contributed by atoms with Crippen molar-refractivity contribution < 1.29 is 14.3 Å². The zero-order chi connectivity index (χ0) is 22.2. The smallest absolute Gasteiger partial charge is 0.337 e. The largest absolute Gasteiger partial charge is 0.465 e. The summed E-state index contributed by atoms with van der Waals surface area (Å²) in [7, 11) is 1.33. The van der Waals surface area contributed by atoms with E-state index >= 15 is 0 Å². The molecule has 3 N–H and O–H groups in total. The lowest BCUT2D eigenvalue weighted by molar-refractivity contribution is 0.0600. The second-order valence-electron chi connectivity index (χ2n) is 7.42. The molecule has 0 bridgehead atoms. The molecule has 1 aliphatic heterocycles. The molecule has 4 aromatic rings. The summed E-state index contributed by atoms with van der Waals surface area (Å²) in [5, 5.41) is 19.5. The number of carbonyl (C=O) groups excluding carboxylic acids is 1. The summed E-state index contributed by atoms with van der Waals surface area (Å²) >= 11 is 0. The van der Waals surface area contributed by atoms with Crippen LogP contribution in [0.3, 0.4) is 0 Å². The lowest BCUT2D eigenvalue weighted by Gasteiger charge is -2.24. The Kier molecular flexibility index (Phi) is 4.61. The number of aromatic nitrogens is 2. The van der Waals surface area contributed by atoms with Crippen LogP contribution in [0.1, 0.15) is 27.4 Å². The fourth-order valence-corrected chi connectivity index (χ4v) is 4.07. The van der Waals surface area contributed by atoms with Crippen molar-refractivity contribution >= 4 is 16.7 Å². The van der Waals surface area contributed by atoms with Gasteiger partial charge in [0, 0.05) is 5.56 Å².